The highest BCUT2D eigenvalue weighted by molar-refractivity contribution is 8.26. The number of hydrogen-bond donors (Lipinski definition) is 1. The number of anilines is 2. The molecule has 1 fully saturated rings. The Kier molecular flexibility index (Phi) is 6.38. The molecule has 0 spiro atoms. The number of amides is 3. The zero-order valence-corrected chi connectivity index (χ0v) is 18.9. The Morgan fingerprint density at radius 3 is 2.53 bits per heavy atom. The molecule has 4 rings (SSSR count). The number of rotatable bonds is 6. The van der Waals surface area contributed by atoms with E-state index in [-0.39, 0.29) is 28.6 Å². The number of benzene rings is 2. The van der Waals surface area contributed by atoms with Gasteiger partial charge >= 0.3 is 0 Å². The number of carbonyl (C=O) groups excluding carboxylic acids is 3. The molecule has 1 saturated heterocycles. The van der Waals surface area contributed by atoms with Crippen LogP contribution >= 0.6 is 24.0 Å². The van der Waals surface area contributed by atoms with Crippen molar-refractivity contribution in [2.45, 2.75) is 19.8 Å². The van der Waals surface area contributed by atoms with Crippen LogP contribution in [0.2, 0.25) is 0 Å². The first-order valence-corrected chi connectivity index (χ1v) is 11.4. The highest BCUT2D eigenvalue weighted by Crippen LogP contribution is 2.44. The second-order valence-electron chi connectivity index (χ2n) is 7.32. The quantitative estimate of drug-likeness (QED) is 0.508. The molecule has 2 aromatic carbocycles. The molecule has 0 aromatic heterocycles. The van der Waals surface area contributed by atoms with Crippen molar-refractivity contribution in [2.24, 2.45) is 0 Å². The van der Waals surface area contributed by atoms with Gasteiger partial charge in [0.05, 0.1) is 21.9 Å². The lowest BCUT2D eigenvalue weighted by atomic mass is 10.1. The first kappa shape index (κ1) is 22.2. The highest BCUT2D eigenvalue weighted by atomic mass is 32.2. The third-order valence-electron chi connectivity index (χ3n) is 5.18. The Bertz CT molecular complexity index is 1160. The molecule has 3 amide bonds. The van der Waals surface area contributed by atoms with Crippen molar-refractivity contribution < 1.29 is 18.8 Å². The molecule has 0 radical (unpaired) electrons. The molecular formula is C23H20FN3O3S2. The third-order valence-corrected chi connectivity index (χ3v) is 6.63. The van der Waals surface area contributed by atoms with Crippen LogP contribution in [0.4, 0.5) is 15.8 Å². The molecule has 2 aliphatic rings. The van der Waals surface area contributed by atoms with Gasteiger partial charge in [0.2, 0.25) is 5.91 Å². The molecule has 9 heteroatoms. The van der Waals surface area contributed by atoms with Crippen LogP contribution in [-0.2, 0) is 14.4 Å². The molecule has 6 nitrogen and oxygen atoms in total. The SMILES string of the molecule is CCCCN1C(=O)C(=C2C(=O)N(CC(=O)Nc3ccccc3F)c3ccccc32)SC1=S. The summed E-state index contributed by atoms with van der Waals surface area (Å²) < 4.78 is 14.3. The summed E-state index contributed by atoms with van der Waals surface area (Å²) in [6, 6.07) is 12.8. The van der Waals surface area contributed by atoms with Gasteiger partial charge in [-0.1, -0.05) is 67.7 Å². The number of nitrogens with one attached hydrogen (secondary N) is 1. The minimum atomic E-state index is -0.564. The Hall–Kier alpha value is -3.04. The van der Waals surface area contributed by atoms with Gasteiger partial charge in [0.25, 0.3) is 11.8 Å². The molecule has 2 heterocycles. The van der Waals surface area contributed by atoms with Crippen LogP contribution in [0.15, 0.2) is 53.4 Å². The number of para-hydroxylation sites is 2. The van der Waals surface area contributed by atoms with E-state index in [0.717, 1.165) is 24.6 Å². The van der Waals surface area contributed by atoms with Crippen LogP contribution in [-0.4, -0.2) is 40.0 Å². The fourth-order valence-electron chi connectivity index (χ4n) is 3.61. The normalized spacial score (nSPS) is 17.9. The number of halogens is 1. The lowest BCUT2D eigenvalue weighted by molar-refractivity contribution is -0.122. The summed E-state index contributed by atoms with van der Waals surface area (Å²) in [4.78, 5) is 42.1. The average molecular weight is 470 g/mol. The lowest BCUT2D eigenvalue weighted by Crippen LogP contribution is -2.35. The summed E-state index contributed by atoms with van der Waals surface area (Å²) in [7, 11) is 0. The predicted molar refractivity (Wildman–Crippen MR) is 128 cm³/mol. The number of unbranched alkanes of at least 4 members (excludes halogenated alkanes) is 1. The van der Waals surface area contributed by atoms with E-state index >= 15 is 0 Å². The standard InChI is InChI=1S/C23H20FN3O3S2/c1-2-3-12-26-22(30)20(32-23(26)31)19-14-8-4-7-11-17(14)27(21(19)29)13-18(28)25-16-10-6-5-9-15(16)24/h4-11H,2-3,12-13H2,1H3,(H,25,28). The minimum absolute atomic E-state index is 0.0365. The summed E-state index contributed by atoms with van der Waals surface area (Å²) in [6.07, 6.45) is 1.72. The van der Waals surface area contributed by atoms with Crippen molar-refractivity contribution in [2.75, 3.05) is 23.3 Å². The zero-order valence-electron chi connectivity index (χ0n) is 17.3. The van der Waals surface area contributed by atoms with Crippen LogP contribution in [0.1, 0.15) is 25.3 Å². The Labute approximate surface area is 194 Å². The van der Waals surface area contributed by atoms with Gasteiger partial charge in [0, 0.05) is 12.1 Å². The Morgan fingerprint density at radius 2 is 1.78 bits per heavy atom. The highest BCUT2D eigenvalue weighted by Gasteiger charge is 2.42. The van der Waals surface area contributed by atoms with Crippen molar-refractivity contribution in [1.82, 2.24) is 4.90 Å². The molecule has 0 bridgehead atoms. The van der Waals surface area contributed by atoms with Gasteiger partial charge in [-0.2, -0.15) is 0 Å². The minimum Gasteiger partial charge on any atom is -0.322 e. The maximum Gasteiger partial charge on any atom is 0.267 e. The van der Waals surface area contributed by atoms with E-state index in [9.17, 15) is 18.8 Å². The summed E-state index contributed by atoms with van der Waals surface area (Å²) in [5.41, 5.74) is 1.38. The Morgan fingerprint density at radius 1 is 1.06 bits per heavy atom. The van der Waals surface area contributed by atoms with Crippen molar-refractivity contribution in [3.63, 3.8) is 0 Å². The predicted octanol–water partition coefficient (Wildman–Crippen LogP) is 4.18. The monoisotopic (exact) mass is 469 g/mol. The Balaban J connectivity index is 1.64. The number of nitrogens with zero attached hydrogens (tertiary/aromatic N) is 2. The van der Waals surface area contributed by atoms with Gasteiger partial charge in [-0.05, 0) is 24.6 Å². The van der Waals surface area contributed by atoms with Crippen molar-refractivity contribution >= 4 is 63.0 Å². The van der Waals surface area contributed by atoms with Gasteiger partial charge < -0.3 is 5.32 Å². The van der Waals surface area contributed by atoms with E-state index < -0.39 is 17.6 Å². The number of thiocarbonyl (C=S) groups is 1. The molecule has 2 aliphatic heterocycles. The molecule has 0 atom stereocenters. The fourth-order valence-corrected chi connectivity index (χ4v) is 4.99. The number of carbonyl (C=O) groups is 3. The summed E-state index contributed by atoms with van der Waals surface area (Å²) in [5.74, 6) is -1.85. The largest absolute Gasteiger partial charge is 0.322 e. The molecule has 1 N–H and O–H groups in total. The molecule has 2 aromatic rings. The van der Waals surface area contributed by atoms with Gasteiger partial charge in [-0.25, -0.2) is 4.39 Å². The molecule has 0 aliphatic carbocycles. The number of hydrogen-bond acceptors (Lipinski definition) is 5. The molecule has 164 valence electrons. The van der Waals surface area contributed by atoms with Crippen molar-refractivity contribution in [3.05, 3.63) is 64.8 Å². The number of fused-ring (bicyclic) bond motifs is 1. The van der Waals surface area contributed by atoms with Crippen LogP contribution in [0.25, 0.3) is 5.57 Å². The summed E-state index contributed by atoms with van der Waals surface area (Å²) >= 11 is 6.49. The maximum atomic E-state index is 13.9. The lowest BCUT2D eigenvalue weighted by Gasteiger charge is -2.17. The van der Waals surface area contributed by atoms with E-state index in [1.807, 2.05) is 6.92 Å². The molecule has 32 heavy (non-hydrogen) atoms. The summed E-state index contributed by atoms with van der Waals surface area (Å²) in [6.45, 7) is 2.21. The smallest absolute Gasteiger partial charge is 0.267 e. The first-order valence-electron chi connectivity index (χ1n) is 10.2. The average Bonchev–Trinajstić information content (AvgIpc) is 3.20. The van der Waals surface area contributed by atoms with E-state index in [4.69, 9.17) is 12.2 Å². The molecular weight excluding hydrogens is 449 g/mol. The van der Waals surface area contributed by atoms with Crippen LogP contribution < -0.4 is 10.2 Å². The van der Waals surface area contributed by atoms with Crippen molar-refractivity contribution in [3.8, 4) is 0 Å². The van der Waals surface area contributed by atoms with E-state index in [0.29, 0.717) is 22.1 Å². The fraction of sp³-hybridized carbons (Fsp3) is 0.217. The van der Waals surface area contributed by atoms with Gasteiger partial charge in [-0.15, -0.1) is 0 Å². The molecule has 0 unspecified atom stereocenters. The van der Waals surface area contributed by atoms with Gasteiger partial charge in [0.15, 0.2) is 0 Å². The second kappa shape index (κ2) is 9.22. The van der Waals surface area contributed by atoms with Crippen LogP contribution in [0.5, 0.6) is 0 Å². The third kappa shape index (κ3) is 4.05. The number of thioether (sulfide) groups is 1. The topological polar surface area (TPSA) is 69.7 Å². The second-order valence-corrected chi connectivity index (χ2v) is 8.96. The molecule has 0 saturated carbocycles. The summed E-state index contributed by atoms with van der Waals surface area (Å²) in [5, 5.41) is 2.49. The first-order chi connectivity index (χ1) is 15.4. The van der Waals surface area contributed by atoms with E-state index in [2.05, 4.69) is 5.32 Å². The van der Waals surface area contributed by atoms with Crippen LogP contribution in [0.3, 0.4) is 0 Å². The maximum absolute atomic E-state index is 13.9. The van der Waals surface area contributed by atoms with Crippen LogP contribution in [0, 0.1) is 5.82 Å². The zero-order chi connectivity index (χ0) is 22.8. The van der Waals surface area contributed by atoms with Crippen molar-refractivity contribution in [1.29, 1.82) is 0 Å². The van der Waals surface area contributed by atoms with Gasteiger partial charge in [-0.3, -0.25) is 24.2 Å². The van der Waals surface area contributed by atoms with Gasteiger partial charge in [0.1, 0.15) is 16.7 Å². The van der Waals surface area contributed by atoms with E-state index in [1.54, 1.807) is 30.3 Å². The van der Waals surface area contributed by atoms with E-state index in [1.165, 1.54) is 28.0 Å².